The van der Waals surface area contributed by atoms with Crippen molar-refractivity contribution in [3.8, 4) is 0 Å². The maximum Gasteiger partial charge on any atom is 0.0589 e. The highest BCUT2D eigenvalue weighted by atomic mass is 16.5. The van der Waals surface area contributed by atoms with Gasteiger partial charge in [0.2, 0.25) is 0 Å². The number of piperazine rings is 1. The predicted molar refractivity (Wildman–Crippen MR) is 76.1 cm³/mol. The molecule has 1 aromatic carbocycles. The summed E-state index contributed by atoms with van der Waals surface area (Å²) in [4.78, 5) is 4.89. The van der Waals surface area contributed by atoms with Crippen LogP contribution in [0.5, 0.6) is 0 Å². The molecule has 0 radical (unpaired) electrons. The molecule has 2 N–H and O–H groups in total. The topological polar surface area (TPSA) is 41.7 Å². The summed E-state index contributed by atoms with van der Waals surface area (Å²) in [6.45, 7) is 8.35. The van der Waals surface area contributed by atoms with Crippen LogP contribution < -0.4 is 10.6 Å². The summed E-state index contributed by atoms with van der Waals surface area (Å²) >= 11 is 0. The van der Waals surface area contributed by atoms with Gasteiger partial charge in [-0.05, 0) is 30.7 Å². The lowest BCUT2D eigenvalue weighted by Gasteiger charge is -2.36. The molecule has 100 valence electrons. The first-order chi connectivity index (χ1) is 8.70. The van der Waals surface area contributed by atoms with Crippen molar-refractivity contribution >= 4 is 11.4 Å². The maximum atomic E-state index is 5.79. The lowest BCUT2D eigenvalue weighted by molar-refractivity contribution is 0.144. The van der Waals surface area contributed by atoms with Crippen molar-refractivity contribution in [2.45, 2.75) is 6.92 Å². The van der Waals surface area contributed by atoms with E-state index in [1.165, 1.54) is 11.3 Å². The standard InChI is InChI=1S/C14H23N3O/c1-12-11-13(15)3-4-14(12)17-7-5-16(6-8-17)9-10-18-2/h3-4,11H,5-10,15H2,1-2H3. The first-order valence-electron chi connectivity index (χ1n) is 6.53. The Balaban J connectivity index is 1.93. The van der Waals surface area contributed by atoms with Crippen LogP contribution in [0.15, 0.2) is 18.2 Å². The fourth-order valence-electron chi connectivity index (χ4n) is 2.47. The molecule has 2 rings (SSSR count). The molecule has 4 heteroatoms. The maximum absolute atomic E-state index is 5.79. The minimum absolute atomic E-state index is 0.820. The molecule has 1 aliphatic heterocycles. The van der Waals surface area contributed by atoms with E-state index in [4.69, 9.17) is 10.5 Å². The van der Waals surface area contributed by atoms with E-state index in [0.29, 0.717) is 0 Å². The number of hydrogen-bond acceptors (Lipinski definition) is 4. The summed E-state index contributed by atoms with van der Waals surface area (Å²) in [7, 11) is 1.76. The molecule has 0 unspecified atom stereocenters. The number of methoxy groups -OCH3 is 1. The van der Waals surface area contributed by atoms with Crippen molar-refractivity contribution in [3.63, 3.8) is 0 Å². The van der Waals surface area contributed by atoms with Crippen molar-refractivity contribution < 1.29 is 4.74 Å². The summed E-state index contributed by atoms with van der Waals surface area (Å²) in [5, 5.41) is 0. The fraction of sp³-hybridized carbons (Fsp3) is 0.571. The third-order valence-corrected chi connectivity index (χ3v) is 3.55. The van der Waals surface area contributed by atoms with E-state index in [0.717, 1.165) is 45.0 Å². The summed E-state index contributed by atoms with van der Waals surface area (Å²) < 4.78 is 5.12. The van der Waals surface area contributed by atoms with Crippen molar-refractivity contribution in [1.82, 2.24) is 4.90 Å². The zero-order valence-corrected chi connectivity index (χ0v) is 11.4. The van der Waals surface area contributed by atoms with Crippen molar-refractivity contribution in [3.05, 3.63) is 23.8 Å². The van der Waals surface area contributed by atoms with Gasteiger partial charge in [0.25, 0.3) is 0 Å². The molecule has 1 aromatic rings. The monoisotopic (exact) mass is 249 g/mol. The van der Waals surface area contributed by atoms with Crippen LogP contribution in [-0.4, -0.2) is 51.3 Å². The Morgan fingerprint density at radius 2 is 1.94 bits per heavy atom. The second-order valence-corrected chi connectivity index (χ2v) is 4.87. The minimum Gasteiger partial charge on any atom is -0.399 e. The van der Waals surface area contributed by atoms with Gasteiger partial charge in [0.05, 0.1) is 6.61 Å². The third kappa shape index (κ3) is 3.15. The summed E-state index contributed by atoms with van der Waals surface area (Å²) in [6.07, 6.45) is 0. The number of rotatable bonds is 4. The largest absolute Gasteiger partial charge is 0.399 e. The SMILES string of the molecule is COCCN1CCN(c2ccc(N)cc2C)CC1. The van der Waals surface area contributed by atoms with Crippen LogP contribution in [0, 0.1) is 6.92 Å². The first kappa shape index (κ1) is 13.2. The molecule has 0 aliphatic carbocycles. The average molecular weight is 249 g/mol. The van der Waals surface area contributed by atoms with Crippen LogP contribution in [0.1, 0.15) is 5.56 Å². The van der Waals surface area contributed by atoms with Gasteiger partial charge in [-0.1, -0.05) is 0 Å². The van der Waals surface area contributed by atoms with Gasteiger partial charge in [0.1, 0.15) is 0 Å². The number of benzene rings is 1. The number of nitrogens with zero attached hydrogens (tertiary/aromatic N) is 2. The van der Waals surface area contributed by atoms with Gasteiger partial charge in [-0.3, -0.25) is 4.90 Å². The molecular formula is C14H23N3O. The molecule has 18 heavy (non-hydrogen) atoms. The van der Waals surface area contributed by atoms with Gasteiger partial charge in [-0.15, -0.1) is 0 Å². The quantitative estimate of drug-likeness (QED) is 0.818. The number of nitrogen functional groups attached to an aromatic ring is 1. The van der Waals surface area contributed by atoms with Crippen molar-refractivity contribution in [2.24, 2.45) is 0 Å². The van der Waals surface area contributed by atoms with Crippen LogP contribution in [0.2, 0.25) is 0 Å². The fourth-order valence-corrected chi connectivity index (χ4v) is 2.47. The van der Waals surface area contributed by atoms with Crippen LogP contribution in [0.25, 0.3) is 0 Å². The highest BCUT2D eigenvalue weighted by molar-refractivity contribution is 5.59. The second-order valence-electron chi connectivity index (χ2n) is 4.87. The van der Waals surface area contributed by atoms with E-state index in [9.17, 15) is 0 Å². The molecule has 0 spiro atoms. The van der Waals surface area contributed by atoms with E-state index in [1.54, 1.807) is 7.11 Å². The van der Waals surface area contributed by atoms with Crippen LogP contribution in [0.3, 0.4) is 0 Å². The lowest BCUT2D eigenvalue weighted by Crippen LogP contribution is -2.47. The van der Waals surface area contributed by atoms with Gasteiger partial charge in [0, 0.05) is 51.2 Å². The molecule has 0 saturated carbocycles. The van der Waals surface area contributed by atoms with Crippen LogP contribution in [0.4, 0.5) is 11.4 Å². The predicted octanol–water partition coefficient (Wildman–Crippen LogP) is 1.35. The number of aryl methyl sites for hydroxylation is 1. The van der Waals surface area contributed by atoms with Gasteiger partial charge in [-0.2, -0.15) is 0 Å². The molecule has 1 heterocycles. The Kier molecular flexibility index (Phi) is 4.44. The summed E-state index contributed by atoms with van der Waals surface area (Å²) in [6, 6.07) is 6.17. The molecule has 0 atom stereocenters. The average Bonchev–Trinajstić information content (AvgIpc) is 2.37. The number of ether oxygens (including phenoxy) is 1. The smallest absolute Gasteiger partial charge is 0.0589 e. The van der Waals surface area contributed by atoms with Gasteiger partial charge in [0.15, 0.2) is 0 Å². The Labute approximate surface area is 109 Å². The summed E-state index contributed by atoms with van der Waals surface area (Å²) in [5.74, 6) is 0. The minimum atomic E-state index is 0.820. The zero-order chi connectivity index (χ0) is 13.0. The van der Waals surface area contributed by atoms with Crippen molar-refractivity contribution in [2.75, 3.05) is 57.1 Å². The van der Waals surface area contributed by atoms with Gasteiger partial charge in [-0.25, -0.2) is 0 Å². The number of hydrogen-bond donors (Lipinski definition) is 1. The second kappa shape index (κ2) is 6.07. The Hall–Kier alpha value is -1.26. The Morgan fingerprint density at radius 3 is 2.56 bits per heavy atom. The van der Waals surface area contributed by atoms with E-state index >= 15 is 0 Å². The highest BCUT2D eigenvalue weighted by Gasteiger charge is 2.17. The highest BCUT2D eigenvalue weighted by Crippen LogP contribution is 2.23. The van der Waals surface area contributed by atoms with Crippen molar-refractivity contribution in [1.29, 1.82) is 0 Å². The third-order valence-electron chi connectivity index (χ3n) is 3.55. The molecule has 1 saturated heterocycles. The number of nitrogens with two attached hydrogens (primary N) is 1. The van der Waals surface area contributed by atoms with E-state index < -0.39 is 0 Å². The molecule has 0 aromatic heterocycles. The van der Waals surface area contributed by atoms with Crippen LogP contribution in [-0.2, 0) is 4.74 Å². The molecule has 0 bridgehead atoms. The molecular weight excluding hydrogens is 226 g/mol. The summed E-state index contributed by atoms with van der Waals surface area (Å²) in [5.41, 5.74) is 9.22. The molecule has 4 nitrogen and oxygen atoms in total. The Bertz CT molecular complexity index is 387. The molecule has 0 amide bonds. The van der Waals surface area contributed by atoms with E-state index in [2.05, 4.69) is 22.8 Å². The normalized spacial score (nSPS) is 17.1. The van der Waals surface area contributed by atoms with E-state index in [-0.39, 0.29) is 0 Å². The molecule has 1 fully saturated rings. The zero-order valence-electron chi connectivity index (χ0n) is 11.4. The van der Waals surface area contributed by atoms with Crippen LogP contribution >= 0.6 is 0 Å². The number of anilines is 2. The Morgan fingerprint density at radius 1 is 1.22 bits per heavy atom. The van der Waals surface area contributed by atoms with Gasteiger partial charge >= 0.3 is 0 Å². The first-order valence-corrected chi connectivity index (χ1v) is 6.53. The van der Waals surface area contributed by atoms with E-state index in [1.807, 2.05) is 12.1 Å². The van der Waals surface area contributed by atoms with Gasteiger partial charge < -0.3 is 15.4 Å². The molecule has 1 aliphatic rings. The lowest BCUT2D eigenvalue weighted by atomic mass is 10.1.